The lowest BCUT2D eigenvalue weighted by molar-refractivity contribution is 0.849. The lowest BCUT2D eigenvalue weighted by Gasteiger charge is -2.14. The number of nitrogens with one attached hydrogen (secondary N) is 1. The van der Waals surface area contributed by atoms with Gasteiger partial charge in [-0.25, -0.2) is 9.97 Å². The highest BCUT2D eigenvalue weighted by Gasteiger charge is 2.06. The van der Waals surface area contributed by atoms with E-state index in [4.69, 9.17) is 5.73 Å². The van der Waals surface area contributed by atoms with Gasteiger partial charge >= 0.3 is 0 Å². The summed E-state index contributed by atoms with van der Waals surface area (Å²) < 4.78 is 0. The maximum absolute atomic E-state index is 5.54. The van der Waals surface area contributed by atoms with Crippen LogP contribution in [0.25, 0.3) is 0 Å². The molecular formula is C13H16N4. The SMILES string of the molecule is CC(Nc1nccc(CN)n1)c1ccccc1. The Morgan fingerprint density at radius 2 is 2.00 bits per heavy atom. The van der Waals surface area contributed by atoms with E-state index in [-0.39, 0.29) is 6.04 Å². The maximum atomic E-state index is 5.54. The van der Waals surface area contributed by atoms with E-state index in [1.807, 2.05) is 24.3 Å². The minimum atomic E-state index is 0.171. The molecule has 0 aliphatic rings. The Hall–Kier alpha value is -1.94. The van der Waals surface area contributed by atoms with E-state index >= 15 is 0 Å². The number of hydrogen-bond acceptors (Lipinski definition) is 4. The first-order valence-electron chi connectivity index (χ1n) is 5.63. The fourth-order valence-electron chi connectivity index (χ4n) is 1.60. The van der Waals surface area contributed by atoms with Gasteiger partial charge in [0.05, 0.1) is 11.7 Å². The average Bonchev–Trinajstić information content (AvgIpc) is 2.40. The summed E-state index contributed by atoms with van der Waals surface area (Å²) >= 11 is 0. The lowest BCUT2D eigenvalue weighted by Crippen LogP contribution is -2.11. The third kappa shape index (κ3) is 3.01. The summed E-state index contributed by atoms with van der Waals surface area (Å²) in [5.74, 6) is 0.615. The van der Waals surface area contributed by atoms with Crippen LogP contribution in [0.4, 0.5) is 5.95 Å². The monoisotopic (exact) mass is 228 g/mol. The molecule has 0 saturated carbocycles. The second kappa shape index (κ2) is 5.41. The fraction of sp³-hybridized carbons (Fsp3) is 0.231. The molecule has 0 aliphatic carbocycles. The first kappa shape index (κ1) is 11.5. The van der Waals surface area contributed by atoms with E-state index in [9.17, 15) is 0 Å². The zero-order valence-corrected chi connectivity index (χ0v) is 9.80. The van der Waals surface area contributed by atoms with Crippen molar-refractivity contribution in [2.24, 2.45) is 5.73 Å². The van der Waals surface area contributed by atoms with Crippen LogP contribution in [0.3, 0.4) is 0 Å². The molecular weight excluding hydrogens is 212 g/mol. The Morgan fingerprint density at radius 1 is 1.24 bits per heavy atom. The lowest BCUT2D eigenvalue weighted by atomic mass is 10.1. The van der Waals surface area contributed by atoms with E-state index in [1.54, 1.807) is 6.20 Å². The summed E-state index contributed by atoms with van der Waals surface area (Å²) in [6, 6.07) is 12.2. The van der Waals surface area contributed by atoms with Gasteiger partial charge in [0.15, 0.2) is 0 Å². The molecule has 0 fully saturated rings. The minimum absolute atomic E-state index is 0.171. The highest BCUT2D eigenvalue weighted by atomic mass is 15.1. The molecule has 1 aromatic heterocycles. The summed E-state index contributed by atoms with van der Waals surface area (Å²) in [5, 5.41) is 3.26. The molecule has 0 amide bonds. The van der Waals surface area contributed by atoms with Gasteiger partial charge in [-0.2, -0.15) is 0 Å². The Kier molecular flexibility index (Phi) is 3.67. The zero-order chi connectivity index (χ0) is 12.1. The van der Waals surface area contributed by atoms with Crippen LogP contribution in [0.1, 0.15) is 24.2 Å². The molecule has 88 valence electrons. The number of hydrogen-bond donors (Lipinski definition) is 2. The maximum Gasteiger partial charge on any atom is 0.223 e. The molecule has 4 nitrogen and oxygen atoms in total. The van der Waals surface area contributed by atoms with Crippen molar-refractivity contribution in [3.63, 3.8) is 0 Å². The van der Waals surface area contributed by atoms with Crippen LogP contribution in [0.5, 0.6) is 0 Å². The van der Waals surface area contributed by atoms with Crippen molar-refractivity contribution in [3.05, 3.63) is 53.9 Å². The number of nitrogens with two attached hydrogens (primary N) is 1. The van der Waals surface area contributed by atoms with Crippen molar-refractivity contribution in [3.8, 4) is 0 Å². The van der Waals surface area contributed by atoms with Gasteiger partial charge in [-0.3, -0.25) is 0 Å². The van der Waals surface area contributed by atoms with E-state index < -0.39 is 0 Å². The number of nitrogens with zero attached hydrogens (tertiary/aromatic N) is 2. The normalized spacial score (nSPS) is 12.1. The molecule has 1 atom stereocenters. The van der Waals surface area contributed by atoms with Crippen molar-refractivity contribution in [2.75, 3.05) is 5.32 Å². The van der Waals surface area contributed by atoms with Gasteiger partial charge in [0.1, 0.15) is 0 Å². The highest BCUT2D eigenvalue weighted by Crippen LogP contribution is 2.15. The van der Waals surface area contributed by atoms with Gasteiger partial charge in [0.2, 0.25) is 5.95 Å². The molecule has 0 saturated heterocycles. The van der Waals surface area contributed by atoms with Crippen LogP contribution in [-0.4, -0.2) is 9.97 Å². The van der Waals surface area contributed by atoms with Gasteiger partial charge in [-0.1, -0.05) is 30.3 Å². The second-order valence-corrected chi connectivity index (χ2v) is 3.85. The first-order chi connectivity index (χ1) is 8.29. The molecule has 1 aromatic carbocycles. The molecule has 1 unspecified atom stereocenters. The minimum Gasteiger partial charge on any atom is -0.348 e. The molecule has 0 bridgehead atoms. The summed E-state index contributed by atoms with van der Waals surface area (Å²) in [6.45, 7) is 2.50. The number of benzene rings is 1. The zero-order valence-electron chi connectivity index (χ0n) is 9.80. The molecule has 3 N–H and O–H groups in total. The summed E-state index contributed by atoms with van der Waals surface area (Å²) in [5.41, 5.74) is 7.58. The second-order valence-electron chi connectivity index (χ2n) is 3.85. The van der Waals surface area contributed by atoms with Gasteiger partial charge in [-0.15, -0.1) is 0 Å². The quantitative estimate of drug-likeness (QED) is 0.841. The Labute approximate surface area is 101 Å². The van der Waals surface area contributed by atoms with E-state index in [0.29, 0.717) is 12.5 Å². The predicted molar refractivity (Wildman–Crippen MR) is 68.4 cm³/mol. The molecule has 0 spiro atoms. The first-order valence-corrected chi connectivity index (χ1v) is 5.63. The van der Waals surface area contributed by atoms with Crippen LogP contribution < -0.4 is 11.1 Å². The third-order valence-corrected chi connectivity index (χ3v) is 2.57. The topological polar surface area (TPSA) is 63.8 Å². The number of anilines is 1. The van der Waals surface area contributed by atoms with Crippen LogP contribution in [0.15, 0.2) is 42.6 Å². The van der Waals surface area contributed by atoms with Crippen LogP contribution >= 0.6 is 0 Å². The predicted octanol–water partition coefficient (Wildman–Crippen LogP) is 2.11. The van der Waals surface area contributed by atoms with Crippen molar-refractivity contribution in [1.82, 2.24) is 9.97 Å². The van der Waals surface area contributed by atoms with Crippen LogP contribution in [0.2, 0.25) is 0 Å². The fourth-order valence-corrected chi connectivity index (χ4v) is 1.60. The Balaban J connectivity index is 2.10. The van der Waals surface area contributed by atoms with Crippen molar-refractivity contribution < 1.29 is 0 Å². The average molecular weight is 228 g/mol. The van der Waals surface area contributed by atoms with Crippen molar-refractivity contribution >= 4 is 5.95 Å². The van der Waals surface area contributed by atoms with E-state index in [0.717, 1.165) is 5.69 Å². The van der Waals surface area contributed by atoms with Crippen molar-refractivity contribution in [1.29, 1.82) is 0 Å². The number of rotatable bonds is 4. The molecule has 2 aromatic rings. The van der Waals surface area contributed by atoms with Gasteiger partial charge < -0.3 is 11.1 Å². The van der Waals surface area contributed by atoms with Gasteiger partial charge in [0, 0.05) is 12.7 Å². The molecule has 17 heavy (non-hydrogen) atoms. The summed E-state index contributed by atoms with van der Waals surface area (Å²) in [6.07, 6.45) is 1.72. The van der Waals surface area contributed by atoms with E-state index in [2.05, 4.69) is 34.3 Å². The number of aromatic nitrogens is 2. The van der Waals surface area contributed by atoms with Crippen molar-refractivity contribution in [2.45, 2.75) is 19.5 Å². The summed E-state index contributed by atoms with van der Waals surface area (Å²) in [7, 11) is 0. The smallest absolute Gasteiger partial charge is 0.223 e. The third-order valence-electron chi connectivity index (χ3n) is 2.57. The standard InChI is InChI=1S/C13H16N4/c1-10(11-5-3-2-4-6-11)16-13-15-8-7-12(9-14)17-13/h2-8,10H,9,14H2,1H3,(H,15,16,17). The highest BCUT2D eigenvalue weighted by molar-refractivity contribution is 5.31. The van der Waals surface area contributed by atoms with Crippen LogP contribution in [-0.2, 0) is 6.54 Å². The molecule has 2 rings (SSSR count). The molecule has 0 radical (unpaired) electrons. The Morgan fingerprint density at radius 3 is 2.71 bits per heavy atom. The van der Waals surface area contributed by atoms with E-state index in [1.165, 1.54) is 5.56 Å². The van der Waals surface area contributed by atoms with Crippen LogP contribution in [0, 0.1) is 0 Å². The summed E-state index contributed by atoms with van der Waals surface area (Å²) in [4.78, 5) is 8.48. The molecule has 4 heteroatoms. The molecule has 1 heterocycles. The molecule has 0 aliphatic heterocycles. The Bertz CT molecular complexity index is 470. The largest absolute Gasteiger partial charge is 0.348 e. The van der Waals surface area contributed by atoms with Gasteiger partial charge in [-0.05, 0) is 18.6 Å². The van der Waals surface area contributed by atoms with Gasteiger partial charge in [0.25, 0.3) is 0 Å².